The van der Waals surface area contributed by atoms with Crippen molar-refractivity contribution in [2.24, 2.45) is 0 Å². The Morgan fingerprint density at radius 2 is 1.90 bits per heavy atom. The van der Waals surface area contributed by atoms with Gasteiger partial charge in [0.15, 0.2) is 0 Å². The van der Waals surface area contributed by atoms with E-state index in [2.05, 4.69) is 0 Å². The maximum atomic E-state index is 5.81. The van der Waals surface area contributed by atoms with Gasteiger partial charge < -0.3 is 4.74 Å². The Labute approximate surface area is 76.6 Å². The third kappa shape index (κ3) is 6.94. The summed E-state index contributed by atoms with van der Waals surface area (Å²) in [7, 11) is 1.64. The van der Waals surface area contributed by atoms with Crippen molar-refractivity contribution >= 4 is 34.8 Å². The van der Waals surface area contributed by atoms with Gasteiger partial charge in [0.05, 0.1) is 0 Å². The highest BCUT2D eigenvalue weighted by Crippen LogP contribution is 2.16. The summed E-state index contributed by atoms with van der Waals surface area (Å²) < 4.78 is 4.82. The Kier molecular flexibility index (Phi) is 7.08. The van der Waals surface area contributed by atoms with Crippen LogP contribution in [0.1, 0.15) is 12.8 Å². The summed E-state index contributed by atoms with van der Waals surface area (Å²) in [6.45, 7) is 0.661. The van der Waals surface area contributed by atoms with E-state index in [-0.39, 0.29) is 10.2 Å². The minimum Gasteiger partial charge on any atom is -0.385 e. The highest BCUT2D eigenvalue weighted by atomic mass is 35.5. The predicted octanol–water partition coefficient (Wildman–Crippen LogP) is 2.82. The maximum absolute atomic E-state index is 5.81. The molecule has 0 amide bonds. The number of ether oxygens (including phenoxy) is 1. The molecule has 0 bridgehead atoms. The molecule has 0 aromatic heterocycles. The molecule has 0 aliphatic rings. The Morgan fingerprint density at radius 3 is 2.30 bits per heavy atom. The first-order valence-corrected chi connectivity index (χ1v) is 4.39. The number of halogens is 3. The molecule has 4 heteroatoms. The van der Waals surface area contributed by atoms with Gasteiger partial charge in [0, 0.05) is 19.1 Å². The van der Waals surface area contributed by atoms with Crippen molar-refractivity contribution in [3.05, 3.63) is 0 Å². The molecular weight excluding hydrogens is 194 g/mol. The van der Waals surface area contributed by atoms with E-state index in [9.17, 15) is 0 Å². The second kappa shape index (κ2) is 6.53. The van der Waals surface area contributed by atoms with Gasteiger partial charge in [0.1, 0.15) is 4.84 Å². The Bertz CT molecular complexity index is 77.4. The van der Waals surface area contributed by atoms with Crippen LogP contribution in [0.25, 0.3) is 0 Å². The maximum Gasteiger partial charge on any atom is 0.109 e. The molecular formula is C6H11Cl3O. The summed E-state index contributed by atoms with van der Waals surface area (Å²) in [6, 6.07) is 0. The fourth-order valence-electron chi connectivity index (χ4n) is 0.557. The molecule has 0 N–H and O–H groups in total. The van der Waals surface area contributed by atoms with Crippen molar-refractivity contribution in [1.82, 2.24) is 0 Å². The van der Waals surface area contributed by atoms with E-state index in [0.29, 0.717) is 13.0 Å². The summed E-state index contributed by atoms with van der Waals surface area (Å²) in [5.41, 5.74) is 0. The van der Waals surface area contributed by atoms with Crippen LogP contribution in [-0.4, -0.2) is 23.9 Å². The van der Waals surface area contributed by atoms with Crippen LogP contribution < -0.4 is 0 Å². The molecule has 10 heavy (non-hydrogen) atoms. The van der Waals surface area contributed by atoms with Crippen LogP contribution in [0.5, 0.6) is 0 Å². The van der Waals surface area contributed by atoms with E-state index in [0.717, 1.165) is 6.42 Å². The van der Waals surface area contributed by atoms with Crippen LogP contribution >= 0.6 is 34.8 Å². The van der Waals surface area contributed by atoms with Crippen LogP contribution in [-0.2, 0) is 4.74 Å². The molecule has 0 saturated carbocycles. The molecule has 0 aliphatic heterocycles. The van der Waals surface area contributed by atoms with Crippen LogP contribution in [0.2, 0.25) is 0 Å². The van der Waals surface area contributed by atoms with Crippen LogP contribution in [0.15, 0.2) is 0 Å². The largest absolute Gasteiger partial charge is 0.385 e. The van der Waals surface area contributed by atoms with Gasteiger partial charge in [-0.2, -0.15) is 0 Å². The van der Waals surface area contributed by atoms with Crippen LogP contribution in [0.3, 0.4) is 0 Å². The lowest BCUT2D eigenvalue weighted by molar-refractivity contribution is 0.193. The minimum absolute atomic E-state index is 0.0277. The highest BCUT2D eigenvalue weighted by Gasteiger charge is 2.08. The van der Waals surface area contributed by atoms with Gasteiger partial charge in [-0.3, -0.25) is 0 Å². The van der Waals surface area contributed by atoms with E-state index in [4.69, 9.17) is 39.5 Å². The van der Waals surface area contributed by atoms with Gasteiger partial charge in [-0.1, -0.05) is 0 Å². The summed E-state index contributed by atoms with van der Waals surface area (Å²) in [5, 5.41) is 0.0277. The normalized spacial score (nSPS) is 14.1. The first-order chi connectivity index (χ1) is 4.66. The minimum atomic E-state index is -0.362. The fraction of sp³-hybridized carbons (Fsp3) is 1.00. The zero-order valence-corrected chi connectivity index (χ0v) is 8.09. The number of hydrogen-bond donors (Lipinski definition) is 0. The van der Waals surface area contributed by atoms with Crippen molar-refractivity contribution in [2.45, 2.75) is 23.1 Å². The Balaban J connectivity index is 3.16. The molecule has 0 heterocycles. The standard InChI is InChI=1S/C6H11Cl3O/c1-10-3-2-5(7)4-6(8)9/h5-6H,2-4H2,1H3. The second-order valence-electron chi connectivity index (χ2n) is 2.01. The topological polar surface area (TPSA) is 9.23 Å². The van der Waals surface area contributed by atoms with Crippen molar-refractivity contribution in [2.75, 3.05) is 13.7 Å². The second-order valence-corrected chi connectivity index (χ2v) is 3.90. The van der Waals surface area contributed by atoms with E-state index >= 15 is 0 Å². The van der Waals surface area contributed by atoms with Crippen molar-refractivity contribution in [3.63, 3.8) is 0 Å². The van der Waals surface area contributed by atoms with Gasteiger partial charge in [-0.05, 0) is 12.8 Å². The molecule has 0 aliphatic carbocycles. The average Bonchev–Trinajstić information content (AvgIpc) is 1.82. The zero-order valence-electron chi connectivity index (χ0n) is 5.82. The Hall–Kier alpha value is 0.830. The molecule has 1 nitrogen and oxygen atoms in total. The van der Waals surface area contributed by atoms with Crippen molar-refractivity contribution in [3.8, 4) is 0 Å². The van der Waals surface area contributed by atoms with Crippen molar-refractivity contribution in [1.29, 1.82) is 0 Å². The molecule has 0 aromatic rings. The fourth-order valence-corrected chi connectivity index (χ4v) is 1.44. The molecule has 0 radical (unpaired) electrons. The first-order valence-electron chi connectivity index (χ1n) is 3.08. The lowest BCUT2D eigenvalue weighted by atomic mass is 10.2. The van der Waals surface area contributed by atoms with Gasteiger partial charge >= 0.3 is 0 Å². The van der Waals surface area contributed by atoms with Gasteiger partial charge in [-0.25, -0.2) is 0 Å². The Morgan fingerprint density at radius 1 is 1.30 bits per heavy atom. The molecule has 0 saturated heterocycles. The lowest BCUT2D eigenvalue weighted by Crippen LogP contribution is -2.06. The number of hydrogen-bond acceptors (Lipinski definition) is 1. The molecule has 0 rings (SSSR count). The van der Waals surface area contributed by atoms with Gasteiger partial charge in [-0.15, -0.1) is 34.8 Å². The summed E-state index contributed by atoms with van der Waals surface area (Å²) in [4.78, 5) is -0.362. The zero-order chi connectivity index (χ0) is 7.98. The summed E-state index contributed by atoms with van der Waals surface area (Å²) >= 11 is 16.8. The van der Waals surface area contributed by atoms with Crippen LogP contribution in [0.4, 0.5) is 0 Å². The monoisotopic (exact) mass is 204 g/mol. The van der Waals surface area contributed by atoms with E-state index in [1.165, 1.54) is 0 Å². The molecule has 0 aromatic carbocycles. The van der Waals surface area contributed by atoms with E-state index in [1.807, 2.05) is 0 Å². The van der Waals surface area contributed by atoms with Gasteiger partial charge in [0.2, 0.25) is 0 Å². The number of methoxy groups -OCH3 is 1. The van der Waals surface area contributed by atoms with Crippen molar-refractivity contribution < 1.29 is 4.74 Å². The smallest absolute Gasteiger partial charge is 0.109 e. The van der Waals surface area contributed by atoms with E-state index < -0.39 is 0 Å². The number of alkyl halides is 3. The SMILES string of the molecule is COCCC(Cl)CC(Cl)Cl. The number of rotatable bonds is 5. The third-order valence-electron chi connectivity index (χ3n) is 1.07. The lowest BCUT2D eigenvalue weighted by Gasteiger charge is -2.07. The molecule has 0 fully saturated rings. The molecule has 62 valence electrons. The molecule has 1 unspecified atom stereocenters. The molecule has 0 spiro atoms. The highest BCUT2D eigenvalue weighted by molar-refractivity contribution is 6.44. The summed E-state index contributed by atoms with van der Waals surface area (Å²) in [6.07, 6.45) is 1.42. The summed E-state index contributed by atoms with van der Waals surface area (Å²) in [5.74, 6) is 0. The van der Waals surface area contributed by atoms with Crippen LogP contribution in [0, 0.1) is 0 Å². The van der Waals surface area contributed by atoms with E-state index in [1.54, 1.807) is 7.11 Å². The predicted molar refractivity (Wildman–Crippen MR) is 46.2 cm³/mol. The first kappa shape index (κ1) is 10.8. The average molecular weight is 206 g/mol. The third-order valence-corrected chi connectivity index (χ3v) is 1.82. The quantitative estimate of drug-likeness (QED) is 0.627. The molecule has 1 atom stereocenters. The van der Waals surface area contributed by atoms with Gasteiger partial charge in [0.25, 0.3) is 0 Å².